The maximum absolute atomic E-state index is 12.4. The highest BCUT2D eigenvalue weighted by molar-refractivity contribution is 7.99. The van der Waals surface area contributed by atoms with Gasteiger partial charge in [0.2, 0.25) is 5.91 Å². The van der Waals surface area contributed by atoms with Crippen molar-refractivity contribution in [3.8, 4) is 5.75 Å². The maximum Gasteiger partial charge on any atom is 0.337 e. The Labute approximate surface area is 197 Å². The molecule has 0 bridgehead atoms. The highest BCUT2D eigenvalue weighted by Crippen LogP contribution is 2.23. The van der Waals surface area contributed by atoms with E-state index >= 15 is 0 Å². The van der Waals surface area contributed by atoms with Gasteiger partial charge in [0.05, 0.1) is 18.4 Å². The lowest BCUT2D eigenvalue weighted by Crippen LogP contribution is -2.15. The lowest BCUT2D eigenvalue weighted by atomic mass is 10.1. The number of anilines is 1. The van der Waals surface area contributed by atoms with Crippen LogP contribution in [0.25, 0.3) is 0 Å². The molecule has 1 heterocycles. The summed E-state index contributed by atoms with van der Waals surface area (Å²) in [7, 11) is 1.31. The first-order valence-corrected chi connectivity index (χ1v) is 11.2. The normalized spacial score (nSPS) is 10.5. The number of carbonyl (C=O) groups is 2. The third-order valence-corrected chi connectivity index (χ3v) is 5.88. The average Bonchev–Trinajstić information content (AvgIpc) is 3.20. The van der Waals surface area contributed by atoms with Crippen LogP contribution in [0, 0.1) is 13.8 Å². The van der Waals surface area contributed by atoms with Crippen molar-refractivity contribution in [1.82, 2.24) is 14.8 Å². The Morgan fingerprint density at radius 3 is 2.73 bits per heavy atom. The van der Waals surface area contributed by atoms with Crippen molar-refractivity contribution in [3.63, 3.8) is 0 Å². The first-order valence-electron chi connectivity index (χ1n) is 10.3. The predicted octanol–water partition coefficient (Wildman–Crippen LogP) is 4.18. The summed E-state index contributed by atoms with van der Waals surface area (Å²) in [6, 6.07) is 12.5. The topological polar surface area (TPSA) is 95.3 Å². The molecule has 2 aromatic carbocycles. The van der Waals surface area contributed by atoms with E-state index in [4.69, 9.17) is 9.47 Å². The summed E-state index contributed by atoms with van der Waals surface area (Å²) in [6.07, 6.45) is 1.74. The summed E-state index contributed by atoms with van der Waals surface area (Å²) < 4.78 is 12.5. The van der Waals surface area contributed by atoms with E-state index in [1.807, 2.05) is 36.6 Å². The second-order valence-corrected chi connectivity index (χ2v) is 8.14. The quantitative estimate of drug-likeness (QED) is 0.272. The largest absolute Gasteiger partial charge is 0.485 e. The fourth-order valence-electron chi connectivity index (χ4n) is 3.04. The lowest BCUT2D eigenvalue weighted by molar-refractivity contribution is -0.113. The van der Waals surface area contributed by atoms with Crippen LogP contribution in [0.2, 0.25) is 0 Å². The number of rotatable bonds is 10. The Morgan fingerprint density at radius 2 is 1.97 bits per heavy atom. The lowest BCUT2D eigenvalue weighted by Gasteiger charge is -2.12. The fraction of sp³-hybridized carbons (Fsp3) is 0.250. The minimum atomic E-state index is -0.464. The molecule has 1 amide bonds. The van der Waals surface area contributed by atoms with Crippen LogP contribution >= 0.6 is 11.8 Å². The Hall–Kier alpha value is -3.59. The number of nitrogens with one attached hydrogen (secondary N) is 1. The molecular formula is C24H26N4O4S. The number of carbonyl (C=O) groups excluding carboxylic acids is 2. The van der Waals surface area contributed by atoms with Gasteiger partial charge in [0, 0.05) is 12.2 Å². The van der Waals surface area contributed by atoms with Crippen LogP contribution in [0.3, 0.4) is 0 Å². The Bertz CT molecular complexity index is 1160. The highest BCUT2D eigenvalue weighted by Gasteiger charge is 2.15. The molecule has 0 unspecified atom stereocenters. The summed E-state index contributed by atoms with van der Waals surface area (Å²) >= 11 is 1.26. The van der Waals surface area contributed by atoms with E-state index in [1.54, 1.807) is 30.3 Å². The third kappa shape index (κ3) is 6.23. The second-order valence-electron chi connectivity index (χ2n) is 7.19. The van der Waals surface area contributed by atoms with Crippen LogP contribution in [0.4, 0.5) is 5.69 Å². The Kier molecular flexibility index (Phi) is 8.26. The molecule has 0 aliphatic carbocycles. The van der Waals surface area contributed by atoms with Crippen molar-refractivity contribution < 1.29 is 19.1 Å². The Morgan fingerprint density at radius 1 is 1.18 bits per heavy atom. The van der Waals surface area contributed by atoms with Crippen LogP contribution in [-0.4, -0.2) is 39.5 Å². The van der Waals surface area contributed by atoms with E-state index in [0.29, 0.717) is 28.8 Å². The second kappa shape index (κ2) is 11.3. The van der Waals surface area contributed by atoms with Crippen molar-refractivity contribution in [2.45, 2.75) is 32.2 Å². The summed E-state index contributed by atoms with van der Waals surface area (Å²) in [4.78, 5) is 24.1. The monoisotopic (exact) mass is 466 g/mol. The number of esters is 1. The summed E-state index contributed by atoms with van der Waals surface area (Å²) in [6.45, 7) is 8.59. The van der Waals surface area contributed by atoms with Gasteiger partial charge in [-0.3, -0.25) is 9.36 Å². The van der Waals surface area contributed by atoms with Gasteiger partial charge < -0.3 is 14.8 Å². The van der Waals surface area contributed by atoms with Crippen LogP contribution < -0.4 is 10.1 Å². The number of benzene rings is 2. The van der Waals surface area contributed by atoms with E-state index in [2.05, 4.69) is 22.1 Å². The van der Waals surface area contributed by atoms with Gasteiger partial charge in [-0.15, -0.1) is 16.8 Å². The fourth-order valence-corrected chi connectivity index (χ4v) is 3.80. The van der Waals surface area contributed by atoms with E-state index in [1.165, 1.54) is 18.9 Å². The maximum atomic E-state index is 12.4. The molecule has 3 rings (SSSR count). The molecule has 0 spiro atoms. The van der Waals surface area contributed by atoms with Crippen LogP contribution in [0.15, 0.2) is 60.3 Å². The number of aromatic nitrogens is 3. The van der Waals surface area contributed by atoms with Crippen LogP contribution in [-0.2, 0) is 22.7 Å². The predicted molar refractivity (Wildman–Crippen MR) is 128 cm³/mol. The van der Waals surface area contributed by atoms with E-state index < -0.39 is 5.97 Å². The summed E-state index contributed by atoms with van der Waals surface area (Å²) in [5.41, 5.74) is 3.11. The van der Waals surface area contributed by atoms with Crippen molar-refractivity contribution >= 4 is 29.3 Å². The molecular weight excluding hydrogens is 440 g/mol. The van der Waals surface area contributed by atoms with Crippen molar-refractivity contribution in [2.75, 3.05) is 18.2 Å². The molecule has 0 aliphatic rings. The van der Waals surface area contributed by atoms with Gasteiger partial charge in [-0.1, -0.05) is 36.0 Å². The van der Waals surface area contributed by atoms with Crippen molar-refractivity contribution in [2.24, 2.45) is 0 Å². The first kappa shape index (κ1) is 24.1. The molecule has 172 valence electrons. The minimum Gasteiger partial charge on any atom is -0.485 e. The summed E-state index contributed by atoms with van der Waals surface area (Å²) in [5.74, 6) is 0.864. The molecule has 3 aromatic rings. The first-order chi connectivity index (χ1) is 15.9. The van der Waals surface area contributed by atoms with Crippen molar-refractivity contribution in [3.05, 3.63) is 77.6 Å². The zero-order valence-electron chi connectivity index (χ0n) is 18.8. The van der Waals surface area contributed by atoms with Gasteiger partial charge in [-0.05, 0) is 49.2 Å². The molecule has 1 N–H and O–H groups in total. The molecule has 0 saturated carbocycles. The van der Waals surface area contributed by atoms with Crippen LogP contribution in [0.5, 0.6) is 5.75 Å². The smallest absolute Gasteiger partial charge is 0.337 e. The zero-order valence-corrected chi connectivity index (χ0v) is 19.6. The van der Waals surface area contributed by atoms with Gasteiger partial charge in [0.15, 0.2) is 11.0 Å². The third-order valence-electron chi connectivity index (χ3n) is 4.92. The molecule has 0 radical (unpaired) electrons. The highest BCUT2D eigenvalue weighted by atomic mass is 32.2. The number of hydrogen-bond donors (Lipinski definition) is 1. The molecule has 9 heteroatoms. The van der Waals surface area contributed by atoms with E-state index in [9.17, 15) is 9.59 Å². The Balaban J connectivity index is 1.63. The number of thioether (sulfide) groups is 1. The van der Waals surface area contributed by atoms with Gasteiger partial charge in [-0.25, -0.2) is 4.79 Å². The minimum absolute atomic E-state index is 0.121. The number of hydrogen-bond acceptors (Lipinski definition) is 7. The van der Waals surface area contributed by atoms with Gasteiger partial charge >= 0.3 is 5.97 Å². The molecule has 0 aliphatic heterocycles. The van der Waals surface area contributed by atoms with E-state index in [0.717, 1.165) is 16.9 Å². The molecule has 33 heavy (non-hydrogen) atoms. The van der Waals surface area contributed by atoms with Crippen LogP contribution in [0.1, 0.15) is 27.3 Å². The summed E-state index contributed by atoms with van der Waals surface area (Å²) in [5, 5.41) is 11.8. The molecule has 8 nitrogen and oxygen atoms in total. The number of aryl methyl sites for hydroxylation is 1. The van der Waals surface area contributed by atoms with Gasteiger partial charge in [0.25, 0.3) is 0 Å². The molecule has 0 saturated heterocycles. The number of ether oxygens (including phenoxy) is 2. The molecule has 0 atom stereocenters. The van der Waals surface area contributed by atoms with E-state index in [-0.39, 0.29) is 18.3 Å². The number of amides is 1. The number of methoxy groups -OCH3 is 1. The number of nitrogens with zero attached hydrogens (tertiary/aromatic N) is 3. The SMILES string of the molecule is C=CCn1c(COc2cccc(C)c2C)nnc1SCC(=O)Nc1cccc(C(=O)OC)c1. The molecule has 1 aromatic heterocycles. The number of allylic oxidation sites excluding steroid dienone is 1. The molecule has 0 fully saturated rings. The van der Waals surface area contributed by atoms with Gasteiger partial charge in [-0.2, -0.15) is 0 Å². The average molecular weight is 467 g/mol. The van der Waals surface area contributed by atoms with Gasteiger partial charge in [0.1, 0.15) is 12.4 Å². The standard InChI is InChI=1S/C24H26N4O4S/c1-5-12-28-21(14-32-20-11-6-8-16(2)17(20)3)26-27-24(28)33-15-22(29)25-19-10-7-9-18(13-19)23(30)31-4/h5-11,13H,1,12,14-15H2,2-4H3,(H,25,29). The van der Waals surface area contributed by atoms with Crippen molar-refractivity contribution in [1.29, 1.82) is 0 Å². The zero-order chi connectivity index (χ0) is 23.8.